The standard InChI is InChI=1S/C27H37N3O4S.ClH/c1-8-32-22-16-20(17-23(33-9-2)24(22)34-10-3)26(31)30(13-11-12-29(6)7)27-28-21-15-18(4)14-19(5)25(21)35-27;/h14-17H,8-13H2,1-7H3;1H. The van der Waals surface area contributed by atoms with Crippen LogP contribution >= 0.6 is 23.7 Å². The van der Waals surface area contributed by atoms with E-state index in [1.165, 1.54) is 5.56 Å². The number of carbonyl (C=O) groups is 1. The van der Waals surface area contributed by atoms with Crippen molar-refractivity contribution >= 4 is 45.0 Å². The van der Waals surface area contributed by atoms with Crippen molar-refractivity contribution in [3.63, 3.8) is 0 Å². The third kappa shape index (κ3) is 7.02. The van der Waals surface area contributed by atoms with Crippen molar-refractivity contribution < 1.29 is 19.0 Å². The molecule has 7 nitrogen and oxygen atoms in total. The van der Waals surface area contributed by atoms with Crippen molar-refractivity contribution in [2.45, 2.75) is 41.0 Å². The summed E-state index contributed by atoms with van der Waals surface area (Å²) in [6, 6.07) is 7.72. The first-order valence-corrected chi connectivity index (χ1v) is 13.0. The number of nitrogens with zero attached hydrogens (tertiary/aromatic N) is 3. The fourth-order valence-electron chi connectivity index (χ4n) is 3.98. The van der Waals surface area contributed by atoms with Crippen LogP contribution in [0.15, 0.2) is 24.3 Å². The molecule has 1 heterocycles. The van der Waals surface area contributed by atoms with Gasteiger partial charge in [-0.2, -0.15) is 0 Å². The van der Waals surface area contributed by atoms with E-state index >= 15 is 0 Å². The van der Waals surface area contributed by atoms with Crippen LogP contribution in [0.4, 0.5) is 5.13 Å². The molecule has 0 saturated heterocycles. The van der Waals surface area contributed by atoms with E-state index in [1.807, 2.05) is 34.9 Å². The predicted molar refractivity (Wildman–Crippen MR) is 151 cm³/mol. The van der Waals surface area contributed by atoms with E-state index in [0.29, 0.717) is 54.3 Å². The highest BCUT2D eigenvalue weighted by Gasteiger charge is 2.25. The van der Waals surface area contributed by atoms with Crippen molar-refractivity contribution in [3.8, 4) is 17.2 Å². The van der Waals surface area contributed by atoms with Gasteiger partial charge in [-0.3, -0.25) is 9.69 Å². The van der Waals surface area contributed by atoms with Crippen molar-refractivity contribution in [2.75, 3.05) is 51.9 Å². The van der Waals surface area contributed by atoms with Crippen molar-refractivity contribution in [1.82, 2.24) is 9.88 Å². The number of amides is 1. The number of thiazole rings is 1. The molecule has 0 N–H and O–H groups in total. The number of hydrogen-bond acceptors (Lipinski definition) is 7. The van der Waals surface area contributed by atoms with Crippen LogP contribution in [-0.4, -0.2) is 62.8 Å². The van der Waals surface area contributed by atoms with E-state index in [-0.39, 0.29) is 18.3 Å². The minimum absolute atomic E-state index is 0. The fourth-order valence-corrected chi connectivity index (χ4v) is 5.02. The van der Waals surface area contributed by atoms with Crippen LogP contribution in [0.3, 0.4) is 0 Å². The number of rotatable bonds is 12. The monoisotopic (exact) mass is 535 g/mol. The van der Waals surface area contributed by atoms with Gasteiger partial charge in [0.15, 0.2) is 16.6 Å². The van der Waals surface area contributed by atoms with Crippen molar-refractivity contribution in [2.24, 2.45) is 0 Å². The molecule has 3 rings (SSSR count). The zero-order valence-corrected chi connectivity index (χ0v) is 24.0. The average molecular weight is 536 g/mol. The number of anilines is 1. The Labute approximate surface area is 224 Å². The van der Waals surface area contributed by atoms with Crippen LogP contribution < -0.4 is 19.1 Å². The van der Waals surface area contributed by atoms with Gasteiger partial charge in [-0.25, -0.2) is 4.98 Å². The van der Waals surface area contributed by atoms with Gasteiger partial charge in [-0.1, -0.05) is 17.4 Å². The summed E-state index contributed by atoms with van der Waals surface area (Å²) in [7, 11) is 4.07. The molecule has 9 heteroatoms. The molecule has 0 aliphatic carbocycles. The SMILES string of the molecule is CCOc1cc(C(=O)N(CCCN(C)C)c2nc3cc(C)cc(C)c3s2)cc(OCC)c1OCC.Cl. The van der Waals surface area contributed by atoms with Gasteiger partial charge < -0.3 is 19.1 Å². The molecule has 0 aliphatic heterocycles. The quantitative estimate of drug-likeness (QED) is 0.278. The fraction of sp³-hybridized carbons (Fsp3) is 0.481. The van der Waals surface area contributed by atoms with Gasteiger partial charge in [0, 0.05) is 12.1 Å². The Bertz CT molecular complexity index is 1140. The van der Waals surface area contributed by atoms with Gasteiger partial charge in [0.25, 0.3) is 5.91 Å². The molecule has 198 valence electrons. The number of halogens is 1. The molecule has 0 unspecified atom stereocenters. The second-order valence-corrected chi connectivity index (χ2v) is 9.62. The molecular formula is C27H38ClN3O4S. The number of aryl methyl sites for hydroxylation is 2. The second kappa shape index (κ2) is 13.7. The Hall–Kier alpha value is -2.55. The van der Waals surface area contributed by atoms with E-state index in [0.717, 1.165) is 28.7 Å². The number of benzene rings is 2. The van der Waals surface area contributed by atoms with Gasteiger partial charge in [0.1, 0.15) is 0 Å². The summed E-state index contributed by atoms with van der Waals surface area (Å²) in [5.41, 5.74) is 3.73. The lowest BCUT2D eigenvalue weighted by Crippen LogP contribution is -2.33. The van der Waals surface area contributed by atoms with Gasteiger partial charge in [-0.05, 0) is 91.0 Å². The number of carbonyl (C=O) groups excluding carboxylic acids is 1. The van der Waals surface area contributed by atoms with Gasteiger partial charge >= 0.3 is 0 Å². The third-order valence-corrected chi connectivity index (χ3v) is 6.66. The maximum atomic E-state index is 14.0. The highest BCUT2D eigenvalue weighted by atomic mass is 35.5. The molecule has 1 amide bonds. The zero-order valence-electron chi connectivity index (χ0n) is 22.3. The summed E-state index contributed by atoms with van der Waals surface area (Å²) in [5.74, 6) is 1.40. The molecule has 3 aromatic rings. The molecule has 2 aromatic carbocycles. The smallest absolute Gasteiger partial charge is 0.260 e. The van der Waals surface area contributed by atoms with Crippen LogP contribution in [0.25, 0.3) is 10.2 Å². The highest BCUT2D eigenvalue weighted by Crippen LogP contribution is 2.40. The van der Waals surface area contributed by atoms with Gasteiger partial charge in [0.05, 0.1) is 30.0 Å². The summed E-state index contributed by atoms with van der Waals surface area (Å²) < 4.78 is 18.6. The predicted octanol–water partition coefficient (Wildman–Crippen LogP) is 6.13. The molecule has 0 bridgehead atoms. The molecule has 1 aromatic heterocycles. The molecule has 0 spiro atoms. The molecule has 0 fully saturated rings. The molecular weight excluding hydrogens is 498 g/mol. The summed E-state index contributed by atoms with van der Waals surface area (Å²) in [6.45, 7) is 12.7. The molecule has 0 radical (unpaired) electrons. The maximum absolute atomic E-state index is 14.0. The topological polar surface area (TPSA) is 64.1 Å². The van der Waals surface area contributed by atoms with Crippen LogP contribution in [-0.2, 0) is 0 Å². The zero-order chi connectivity index (χ0) is 25.5. The van der Waals surface area contributed by atoms with E-state index < -0.39 is 0 Å². The number of fused-ring (bicyclic) bond motifs is 1. The minimum Gasteiger partial charge on any atom is -0.490 e. The Morgan fingerprint density at radius 3 is 2.08 bits per heavy atom. The lowest BCUT2D eigenvalue weighted by atomic mass is 10.1. The number of ether oxygens (including phenoxy) is 3. The minimum atomic E-state index is -0.137. The van der Waals surface area contributed by atoms with E-state index in [4.69, 9.17) is 19.2 Å². The first-order chi connectivity index (χ1) is 16.8. The molecule has 0 atom stereocenters. The summed E-state index contributed by atoms with van der Waals surface area (Å²) >= 11 is 1.56. The summed E-state index contributed by atoms with van der Waals surface area (Å²) in [5, 5.41) is 0.697. The van der Waals surface area contributed by atoms with Crippen LogP contribution in [0.5, 0.6) is 17.2 Å². The third-order valence-electron chi connectivity index (χ3n) is 5.43. The summed E-state index contributed by atoms with van der Waals surface area (Å²) in [4.78, 5) is 22.7. The largest absolute Gasteiger partial charge is 0.490 e. The summed E-state index contributed by atoms with van der Waals surface area (Å²) in [6.07, 6.45) is 0.820. The van der Waals surface area contributed by atoms with Gasteiger partial charge in [0.2, 0.25) is 5.75 Å². The molecule has 36 heavy (non-hydrogen) atoms. The van der Waals surface area contributed by atoms with Crippen molar-refractivity contribution in [3.05, 3.63) is 41.0 Å². The average Bonchev–Trinajstić information content (AvgIpc) is 3.22. The first-order valence-electron chi connectivity index (χ1n) is 12.2. The Morgan fingerprint density at radius 1 is 0.917 bits per heavy atom. The normalized spacial score (nSPS) is 10.9. The highest BCUT2D eigenvalue weighted by molar-refractivity contribution is 7.22. The Morgan fingerprint density at radius 2 is 1.53 bits per heavy atom. The van der Waals surface area contributed by atoms with Crippen molar-refractivity contribution in [1.29, 1.82) is 0 Å². The maximum Gasteiger partial charge on any atom is 0.260 e. The van der Waals surface area contributed by atoms with E-state index in [1.54, 1.807) is 28.4 Å². The first kappa shape index (κ1) is 29.7. The number of hydrogen-bond donors (Lipinski definition) is 0. The Kier molecular flexibility index (Phi) is 11.3. The van der Waals surface area contributed by atoms with Crippen LogP contribution in [0, 0.1) is 13.8 Å². The van der Waals surface area contributed by atoms with Crippen LogP contribution in [0.1, 0.15) is 48.7 Å². The van der Waals surface area contributed by atoms with E-state index in [2.05, 4.69) is 30.9 Å². The van der Waals surface area contributed by atoms with Gasteiger partial charge in [-0.15, -0.1) is 12.4 Å². The Balaban J connectivity index is 0.00000456. The second-order valence-electron chi connectivity index (χ2n) is 8.64. The lowest BCUT2D eigenvalue weighted by molar-refractivity contribution is 0.0985. The molecule has 0 aliphatic rings. The van der Waals surface area contributed by atoms with Crippen LogP contribution in [0.2, 0.25) is 0 Å². The van der Waals surface area contributed by atoms with E-state index in [9.17, 15) is 4.79 Å². The lowest BCUT2D eigenvalue weighted by Gasteiger charge is -2.22. The number of aromatic nitrogens is 1. The molecule has 0 saturated carbocycles.